The van der Waals surface area contributed by atoms with Gasteiger partial charge in [-0.2, -0.15) is 0 Å². The number of fused-ring (bicyclic) bond motifs is 1. The third-order valence-corrected chi connectivity index (χ3v) is 5.06. The molecule has 8 nitrogen and oxygen atoms in total. The summed E-state index contributed by atoms with van der Waals surface area (Å²) in [6, 6.07) is 5.50. The normalized spacial score (nSPS) is 10.2. The summed E-state index contributed by atoms with van der Waals surface area (Å²) in [5.74, 6) is 1.79. The van der Waals surface area contributed by atoms with Crippen molar-refractivity contribution in [3.05, 3.63) is 41.2 Å². The van der Waals surface area contributed by atoms with Gasteiger partial charge in [0.05, 0.1) is 47.5 Å². The number of aromatic amines is 1. The Morgan fingerprint density at radius 2 is 1.76 bits per heavy atom. The average molecular weight is 566 g/mol. The minimum atomic E-state index is -1.33. The van der Waals surface area contributed by atoms with Gasteiger partial charge in [0, 0.05) is 23.4 Å². The number of pyridine rings is 1. The Morgan fingerprint density at radius 3 is 2.34 bits per heavy atom. The monoisotopic (exact) mass is 563 g/mol. The standard InChI is InChI=1S/C17H19N3O3S.2BrH.Mg.2H2O/c1-10-8-18-15(11(2)16(10)23-4)9-24(21)17-19-13-6-5-12(22-3)7-14(13)20-17;;;;;/h5-8H,9H2,1-4H3,(H,19,20);2*1H;;2*1H2/q;;;+2;;/p-2/t24-;;;;;/m0...../s1. The van der Waals surface area contributed by atoms with Gasteiger partial charge in [-0.1, -0.05) is 0 Å². The van der Waals surface area contributed by atoms with Gasteiger partial charge in [0.15, 0.2) is 5.16 Å². The third kappa shape index (κ3) is 7.16. The second-order valence-corrected chi connectivity index (χ2v) is 6.83. The van der Waals surface area contributed by atoms with Gasteiger partial charge in [-0.05, 0) is 26.0 Å². The fourth-order valence-electron chi connectivity index (χ4n) is 2.61. The summed E-state index contributed by atoms with van der Waals surface area (Å²) < 4.78 is 23.3. The Bertz CT molecular complexity index is 943. The number of nitrogens with zero attached hydrogens (tertiary/aromatic N) is 2. The number of ether oxygens (including phenoxy) is 2. The summed E-state index contributed by atoms with van der Waals surface area (Å²) in [6.07, 6.45) is 1.74. The van der Waals surface area contributed by atoms with Crippen LogP contribution in [0.3, 0.4) is 0 Å². The molecular weight excluding hydrogens is 542 g/mol. The molecule has 0 saturated carbocycles. The summed E-state index contributed by atoms with van der Waals surface area (Å²) in [5.41, 5.74) is 4.16. The van der Waals surface area contributed by atoms with Crippen molar-refractivity contribution < 1.29 is 58.6 Å². The summed E-state index contributed by atoms with van der Waals surface area (Å²) >= 11 is 0. The molecule has 0 aliphatic heterocycles. The van der Waals surface area contributed by atoms with Crippen molar-refractivity contribution >= 4 is 44.9 Å². The van der Waals surface area contributed by atoms with Gasteiger partial charge < -0.3 is 59.4 Å². The number of rotatable bonds is 5. The molecule has 0 saturated heterocycles. The Hall–Kier alpha value is -0.764. The first-order valence-electron chi connectivity index (χ1n) is 7.44. The largest absolute Gasteiger partial charge is 2.00 e. The van der Waals surface area contributed by atoms with Gasteiger partial charge >= 0.3 is 23.1 Å². The van der Waals surface area contributed by atoms with E-state index in [0.717, 1.165) is 39.4 Å². The molecule has 0 fully saturated rings. The van der Waals surface area contributed by atoms with E-state index < -0.39 is 10.8 Å². The average Bonchev–Trinajstić information content (AvgIpc) is 3.01. The van der Waals surface area contributed by atoms with Crippen LogP contribution >= 0.6 is 0 Å². The molecule has 0 unspecified atom stereocenters. The number of halogens is 2. The minimum Gasteiger partial charge on any atom is -1.00 e. The van der Waals surface area contributed by atoms with E-state index in [9.17, 15) is 4.21 Å². The molecule has 0 bridgehead atoms. The second kappa shape index (κ2) is 14.3. The van der Waals surface area contributed by atoms with Crippen LogP contribution in [0, 0.1) is 13.8 Å². The van der Waals surface area contributed by atoms with Gasteiger partial charge in [-0.15, -0.1) is 0 Å². The predicted octanol–water partition coefficient (Wildman–Crippen LogP) is -5.12. The molecule has 1 aromatic carbocycles. The van der Waals surface area contributed by atoms with Crippen LogP contribution in [0.2, 0.25) is 0 Å². The van der Waals surface area contributed by atoms with Gasteiger partial charge in [-0.25, -0.2) is 4.98 Å². The van der Waals surface area contributed by atoms with Crippen LogP contribution in [0.1, 0.15) is 16.8 Å². The third-order valence-electron chi connectivity index (χ3n) is 3.90. The number of hydrogen-bond acceptors (Lipinski definition) is 5. The van der Waals surface area contributed by atoms with Crippen molar-refractivity contribution in [2.75, 3.05) is 14.2 Å². The molecular formula is C17H23Br2MgN3O5S. The van der Waals surface area contributed by atoms with Crippen LogP contribution in [0.25, 0.3) is 11.0 Å². The molecule has 3 rings (SSSR count). The second-order valence-electron chi connectivity index (χ2n) is 5.46. The smallest absolute Gasteiger partial charge is 1.00 e. The van der Waals surface area contributed by atoms with E-state index in [4.69, 9.17) is 9.47 Å². The van der Waals surface area contributed by atoms with E-state index in [1.165, 1.54) is 0 Å². The van der Waals surface area contributed by atoms with Gasteiger partial charge in [0.25, 0.3) is 0 Å². The molecule has 0 spiro atoms. The Kier molecular flexibility index (Phi) is 16.2. The molecule has 1 atom stereocenters. The number of H-pyrrole nitrogens is 1. The SMILES string of the molecule is COc1ccc2nc([S@@](=O)Cc3ncc(C)c(OC)c3C)[nH]c2c1.O.O.[Br-].[Br-].[Mg+2]. The Morgan fingerprint density at radius 1 is 1.10 bits per heavy atom. The molecule has 158 valence electrons. The van der Waals surface area contributed by atoms with E-state index in [1.54, 1.807) is 20.4 Å². The Labute approximate surface area is 209 Å². The Balaban J connectivity index is -0.00000135. The summed E-state index contributed by atoms with van der Waals surface area (Å²) in [6.45, 7) is 3.86. The number of hydrogen-bond donors (Lipinski definition) is 1. The zero-order valence-corrected chi connectivity index (χ0v) is 21.9. The van der Waals surface area contributed by atoms with Crippen LogP contribution in [-0.4, -0.2) is 67.4 Å². The van der Waals surface area contributed by atoms with Gasteiger partial charge in [-0.3, -0.25) is 9.19 Å². The molecule has 0 aliphatic carbocycles. The number of benzene rings is 1. The predicted molar refractivity (Wildman–Crippen MR) is 106 cm³/mol. The number of methoxy groups -OCH3 is 2. The molecule has 29 heavy (non-hydrogen) atoms. The number of nitrogens with one attached hydrogen (secondary N) is 1. The van der Waals surface area contributed by atoms with Gasteiger partial charge in [0.1, 0.15) is 11.5 Å². The molecule has 0 radical (unpaired) electrons. The molecule has 2 aromatic heterocycles. The minimum absolute atomic E-state index is 0. The molecule has 5 N–H and O–H groups in total. The van der Waals surface area contributed by atoms with Crippen LogP contribution in [-0.2, 0) is 16.6 Å². The van der Waals surface area contributed by atoms with Crippen LogP contribution in [0.15, 0.2) is 29.6 Å². The maximum Gasteiger partial charge on any atom is 2.00 e. The maximum atomic E-state index is 12.7. The van der Waals surface area contributed by atoms with Crippen molar-refractivity contribution in [2.24, 2.45) is 0 Å². The number of aromatic nitrogens is 3. The molecule has 2 heterocycles. The van der Waals surface area contributed by atoms with Crippen molar-refractivity contribution in [1.82, 2.24) is 15.0 Å². The van der Waals surface area contributed by atoms with Crippen molar-refractivity contribution in [3.63, 3.8) is 0 Å². The van der Waals surface area contributed by atoms with Crippen LogP contribution in [0.5, 0.6) is 11.5 Å². The number of imidazole rings is 1. The van der Waals surface area contributed by atoms with Gasteiger partial charge in [0.2, 0.25) is 0 Å². The van der Waals surface area contributed by atoms with E-state index in [-0.39, 0.29) is 73.7 Å². The zero-order chi connectivity index (χ0) is 17.3. The fourth-order valence-corrected chi connectivity index (χ4v) is 3.71. The maximum absolute atomic E-state index is 12.7. The van der Waals surface area contributed by atoms with E-state index in [0.29, 0.717) is 5.16 Å². The molecule has 3 aromatic rings. The van der Waals surface area contributed by atoms with E-state index in [1.807, 2.05) is 32.0 Å². The molecule has 12 heteroatoms. The quantitative estimate of drug-likeness (QED) is 0.308. The summed E-state index contributed by atoms with van der Waals surface area (Å²) in [7, 11) is 1.91. The van der Waals surface area contributed by atoms with E-state index >= 15 is 0 Å². The first-order valence-corrected chi connectivity index (χ1v) is 8.76. The van der Waals surface area contributed by atoms with E-state index in [2.05, 4.69) is 15.0 Å². The van der Waals surface area contributed by atoms with Crippen molar-refractivity contribution in [3.8, 4) is 11.5 Å². The number of aryl methyl sites for hydroxylation is 1. The van der Waals surface area contributed by atoms with Crippen LogP contribution < -0.4 is 43.4 Å². The topological polar surface area (TPSA) is 140 Å². The summed E-state index contributed by atoms with van der Waals surface area (Å²) in [5, 5.41) is 0.430. The van der Waals surface area contributed by atoms with Crippen molar-refractivity contribution in [2.45, 2.75) is 24.8 Å². The molecule has 0 aliphatic rings. The fraction of sp³-hybridized carbons (Fsp3) is 0.294. The first kappa shape index (κ1) is 32.9. The first-order chi connectivity index (χ1) is 11.5. The summed E-state index contributed by atoms with van der Waals surface area (Å²) in [4.78, 5) is 11.9. The van der Waals surface area contributed by atoms with Crippen LogP contribution in [0.4, 0.5) is 0 Å². The molecule has 0 amide bonds. The van der Waals surface area contributed by atoms with Crippen molar-refractivity contribution in [1.29, 1.82) is 0 Å². The zero-order valence-electron chi connectivity index (χ0n) is 16.5.